The van der Waals surface area contributed by atoms with E-state index >= 15 is 0 Å². The van der Waals surface area contributed by atoms with Crippen LogP contribution in [0.25, 0.3) is 0 Å². The fourth-order valence-corrected chi connectivity index (χ4v) is 3.84. The highest BCUT2D eigenvalue weighted by Crippen LogP contribution is 2.22. The first kappa shape index (κ1) is 16.2. The zero-order valence-corrected chi connectivity index (χ0v) is 14.8. The maximum atomic E-state index is 12.7. The fraction of sp³-hybridized carbons (Fsp3) is 0.500. The van der Waals surface area contributed by atoms with Crippen molar-refractivity contribution in [1.29, 1.82) is 0 Å². The van der Waals surface area contributed by atoms with Gasteiger partial charge in [-0.1, -0.05) is 0 Å². The van der Waals surface area contributed by atoms with Crippen LogP contribution in [0.15, 0.2) is 21.8 Å². The van der Waals surface area contributed by atoms with Crippen molar-refractivity contribution in [3.05, 3.63) is 28.3 Å². The van der Waals surface area contributed by atoms with Crippen LogP contribution in [-0.2, 0) is 30.2 Å². The zero-order chi connectivity index (χ0) is 15.8. The topological polar surface area (TPSA) is 73.0 Å². The van der Waals surface area contributed by atoms with Gasteiger partial charge in [-0.05, 0) is 29.8 Å². The van der Waals surface area contributed by atoms with Gasteiger partial charge in [0.05, 0.1) is 34.8 Å². The largest absolute Gasteiger partial charge is 0.270 e. The van der Waals surface area contributed by atoms with E-state index in [1.165, 1.54) is 10.5 Å². The molecular formula is C12H18BrN5O2S. The Kier molecular flexibility index (Phi) is 4.54. The Bertz CT molecular complexity index is 730. The molecule has 0 saturated carbocycles. The van der Waals surface area contributed by atoms with Crippen molar-refractivity contribution in [3.63, 3.8) is 0 Å². The van der Waals surface area contributed by atoms with Crippen LogP contribution in [0.3, 0.4) is 0 Å². The molecule has 7 nitrogen and oxygen atoms in total. The number of aromatic nitrogens is 4. The number of rotatable bonds is 5. The molecule has 116 valence electrons. The first-order valence-electron chi connectivity index (χ1n) is 6.44. The lowest BCUT2D eigenvalue weighted by atomic mass is 10.4. The zero-order valence-electron chi connectivity index (χ0n) is 12.4. The Morgan fingerprint density at radius 1 is 1.33 bits per heavy atom. The predicted molar refractivity (Wildman–Crippen MR) is 82.2 cm³/mol. The Morgan fingerprint density at radius 3 is 2.48 bits per heavy atom. The van der Waals surface area contributed by atoms with Gasteiger partial charge in [-0.3, -0.25) is 9.36 Å². The summed E-state index contributed by atoms with van der Waals surface area (Å²) in [5.41, 5.74) is 1.44. The molecule has 0 radical (unpaired) electrons. The Hall–Kier alpha value is -1.19. The summed E-state index contributed by atoms with van der Waals surface area (Å²) >= 11 is 3.38. The second-order valence-corrected chi connectivity index (χ2v) is 7.60. The van der Waals surface area contributed by atoms with Gasteiger partial charge in [0.1, 0.15) is 4.90 Å². The van der Waals surface area contributed by atoms with Crippen molar-refractivity contribution < 1.29 is 8.42 Å². The molecule has 0 aliphatic carbocycles. The summed E-state index contributed by atoms with van der Waals surface area (Å²) in [6, 6.07) is 0. The lowest BCUT2D eigenvalue weighted by Gasteiger charge is -2.17. The first-order chi connectivity index (χ1) is 9.78. The minimum Gasteiger partial charge on any atom is -0.270 e. The molecule has 9 heteroatoms. The first-order valence-corrected chi connectivity index (χ1v) is 8.67. The molecular weight excluding hydrogens is 358 g/mol. The summed E-state index contributed by atoms with van der Waals surface area (Å²) in [6.45, 7) is 4.55. The Morgan fingerprint density at radius 2 is 2.00 bits per heavy atom. The van der Waals surface area contributed by atoms with Gasteiger partial charge in [0.2, 0.25) is 10.0 Å². The van der Waals surface area contributed by atoms with Crippen LogP contribution in [0, 0.1) is 6.92 Å². The molecule has 0 aromatic carbocycles. The van der Waals surface area contributed by atoms with Crippen molar-refractivity contribution in [1.82, 2.24) is 23.9 Å². The maximum Gasteiger partial charge on any atom is 0.246 e. The number of hydrogen-bond donors (Lipinski definition) is 0. The third kappa shape index (κ3) is 2.90. The van der Waals surface area contributed by atoms with Gasteiger partial charge in [-0.2, -0.15) is 14.5 Å². The van der Waals surface area contributed by atoms with Crippen LogP contribution >= 0.6 is 15.9 Å². The molecule has 2 aromatic rings. The van der Waals surface area contributed by atoms with E-state index in [0.717, 1.165) is 10.2 Å². The van der Waals surface area contributed by atoms with Crippen LogP contribution < -0.4 is 0 Å². The third-order valence-electron chi connectivity index (χ3n) is 3.43. The molecule has 0 aliphatic heterocycles. The summed E-state index contributed by atoms with van der Waals surface area (Å²) in [6.07, 6.45) is 3.05. The van der Waals surface area contributed by atoms with E-state index in [2.05, 4.69) is 26.1 Å². The van der Waals surface area contributed by atoms with Crippen molar-refractivity contribution >= 4 is 26.0 Å². The SMILES string of the molecule is CCn1ncc(S(=O)(=O)N(C)Cc2c(Br)cnn2C)c1C. The summed E-state index contributed by atoms with van der Waals surface area (Å²) in [7, 11) is -0.249. The summed E-state index contributed by atoms with van der Waals surface area (Å²) in [4.78, 5) is 0.241. The number of aryl methyl sites for hydroxylation is 2. The molecule has 2 aromatic heterocycles. The van der Waals surface area contributed by atoms with E-state index in [9.17, 15) is 8.42 Å². The van der Waals surface area contributed by atoms with Crippen LogP contribution in [0.1, 0.15) is 18.3 Å². The number of nitrogens with zero attached hydrogens (tertiary/aromatic N) is 5. The van der Waals surface area contributed by atoms with Gasteiger partial charge < -0.3 is 0 Å². The third-order valence-corrected chi connectivity index (χ3v) is 6.00. The van der Waals surface area contributed by atoms with Crippen LogP contribution in [0.2, 0.25) is 0 Å². The van der Waals surface area contributed by atoms with Crippen LogP contribution in [0.5, 0.6) is 0 Å². The smallest absolute Gasteiger partial charge is 0.246 e. The van der Waals surface area contributed by atoms with Crippen molar-refractivity contribution in [3.8, 4) is 0 Å². The number of sulfonamides is 1. The molecule has 0 amide bonds. The number of halogens is 1. The van der Waals surface area contributed by atoms with E-state index < -0.39 is 10.0 Å². The minimum absolute atomic E-state index is 0.232. The molecule has 0 bridgehead atoms. The van der Waals surface area contributed by atoms with Crippen molar-refractivity contribution in [2.45, 2.75) is 31.8 Å². The quantitative estimate of drug-likeness (QED) is 0.793. The molecule has 2 heterocycles. The van der Waals surface area contributed by atoms with Gasteiger partial charge in [-0.25, -0.2) is 8.42 Å². The molecule has 0 unspecified atom stereocenters. The van der Waals surface area contributed by atoms with Gasteiger partial charge in [0.25, 0.3) is 0 Å². The summed E-state index contributed by atoms with van der Waals surface area (Å²) in [5.74, 6) is 0. The summed E-state index contributed by atoms with van der Waals surface area (Å²) < 4.78 is 30.7. The molecule has 0 atom stereocenters. The molecule has 21 heavy (non-hydrogen) atoms. The second-order valence-electron chi connectivity index (χ2n) is 4.73. The molecule has 2 rings (SSSR count). The highest BCUT2D eigenvalue weighted by Gasteiger charge is 2.26. The highest BCUT2D eigenvalue weighted by molar-refractivity contribution is 9.10. The van der Waals surface area contributed by atoms with Crippen molar-refractivity contribution in [2.75, 3.05) is 7.05 Å². The molecule has 0 spiro atoms. The maximum absolute atomic E-state index is 12.7. The molecule has 0 fully saturated rings. The average Bonchev–Trinajstić information content (AvgIpc) is 2.95. The molecule has 0 aliphatic rings. The molecule has 0 saturated heterocycles. The lowest BCUT2D eigenvalue weighted by Crippen LogP contribution is -2.28. The van der Waals surface area contributed by atoms with Gasteiger partial charge in [-0.15, -0.1) is 0 Å². The fourth-order valence-electron chi connectivity index (χ4n) is 2.08. The predicted octanol–water partition coefficient (Wildman–Crippen LogP) is 1.53. The standard InChI is InChI=1S/C12H18BrN5O2S/c1-5-18-9(2)12(7-15-18)21(19,20)16(3)8-11-10(13)6-14-17(11)4/h6-7H,5,8H2,1-4H3. The molecule has 0 N–H and O–H groups in total. The van der Waals surface area contributed by atoms with E-state index in [1.54, 1.807) is 36.6 Å². The van der Waals surface area contributed by atoms with E-state index in [1.807, 2.05) is 6.92 Å². The normalized spacial score (nSPS) is 12.3. The average molecular weight is 376 g/mol. The number of hydrogen-bond acceptors (Lipinski definition) is 4. The van der Waals surface area contributed by atoms with Crippen LogP contribution in [-0.4, -0.2) is 39.3 Å². The monoisotopic (exact) mass is 375 g/mol. The van der Waals surface area contributed by atoms with Gasteiger partial charge in [0, 0.05) is 20.6 Å². The van der Waals surface area contributed by atoms with E-state index in [0.29, 0.717) is 12.2 Å². The van der Waals surface area contributed by atoms with Crippen molar-refractivity contribution in [2.24, 2.45) is 7.05 Å². The van der Waals surface area contributed by atoms with Gasteiger partial charge in [0.15, 0.2) is 0 Å². The lowest BCUT2D eigenvalue weighted by molar-refractivity contribution is 0.451. The van der Waals surface area contributed by atoms with Crippen LogP contribution in [0.4, 0.5) is 0 Å². The highest BCUT2D eigenvalue weighted by atomic mass is 79.9. The van der Waals surface area contributed by atoms with Gasteiger partial charge >= 0.3 is 0 Å². The van der Waals surface area contributed by atoms with E-state index in [4.69, 9.17) is 0 Å². The minimum atomic E-state index is -3.58. The summed E-state index contributed by atoms with van der Waals surface area (Å²) in [5, 5.41) is 8.19. The second kappa shape index (κ2) is 5.90. The Balaban J connectivity index is 2.33. The Labute approximate surface area is 132 Å². The van der Waals surface area contributed by atoms with E-state index in [-0.39, 0.29) is 11.4 Å².